The number of nitriles is 1. The van der Waals surface area contributed by atoms with Crippen molar-refractivity contribution in [1.29, 1.82) is 5.26 Å². The highest BCUT2D eigenvalue weighted by Gasteiger charge is 2.31. The van der Waals surface area contributed by atoms with E-state index in [1.807, 2.05) is 23.1 Å². The van der Waals surface area contributed by atoms with E-state index in [4.69, 9.17) is 0 Å². The standard InChI is InChI=1S/C21H21F3N4O2/c22-21(23,24)30-19-7-5-18(6-8-19)26-20(29)15-28-11-9-27(10-12-28)14-17-4-2-1-3-16(17)13-25/h1-8H,9-12,14-15H2,(H,26,29). The topological polar surface area (TPSA) is 68.6 Å². The fourth-order valence-electron chi connectivity index (χ4n) is 3.26. The van der Waals surface area contributed by atoms with Crippen molar-refractivity contribution < 1.29 is 22.7 Å². The molecule has 0 aromatic heterocycles. The van der Waals surface area contributed by atoms with E-state index >= 15 is 0 Å². The molecule has 1 aliphatic heterocycles. The molecule has 1 heterocycles. The maximum absolute atomic E-state index is 12.2. The summed E-state index contributed by atoms with van der Waals surface area (Å²) in [6.07, 6.45) is -4.75. The zero-order chi connectivity index (χ0) is 21.6. The fourth-order valence-corrected chi connectivity index (χ4v) is 3.26. The van der Waals surface area contributed by atoms with E-state index in [2.05, 4.69) is 21.0 Å². The Labute approximate surface area is 172 Å². The molecule has 1 fully saturated rings. The van der Waals surface area contributed by atoms with Crippen LogP contribution in [-0.4, -0.2) is 54.8 Å². The molecular weight excluding hydrogens is 397 g/mol. The number of benzene rings is 2. The fraction of sp³-hybridized carbons (Fsp3) is 0.333. The lowest BCUT2D eigenvalue weighted by Gasteiger charge is -2.34. The van der Waals surface area contributed by atoms with Gasteiger partial charge >= 0.3 is 6.36 Å². The van der Waals surface area contributed by atoms with Crippen LogP contribution in [0.5, 0.6) is 5.75 Å². The van der Waals surface area contributed by atoms with E-state index < -0.39 is 6.36 Å². The van der Waals surface area contributed by atoms with Crippen molar-refractivity contribution in [2.24, 2.45) is 0 Å². The van der Waals surface area contributed by atoms with Crippen LogP contribution in [0.2, 0.25) is 0 Å². The second-order valence-corrected chi connectivity index (χ2v) is 6.94. The van der Waals surface area contributed by atoms with Crippen molar-refractivity contribution in [3.8, 4) is 11.8 Å². The first-order chi connectivity index (χ1) is 14.3. The van der Waals surface area contributed by atoms with Gasteiger partial charge in [0.05, 0.1) is 18.2 Å². The van der Waals surface area contributed by atoms with Gasteiger partial charge in [-0.2, -0.15) is 5.26 Å². The highest BCUT2D eigenvalue weighted by atomic mass is 19.4. The summed E-state index contributed by atoms with van der Waals surface area (Å²) in [4.78, 5) is 16.5. The van der Waals surface area contributed by atoms with E-state index in [1.54, 1.807) is 6.07 Å². The van der Waals surface area contributed by atoms with Gasteiger partial charge in [0, 0.05) is 38.4 Å². The van der Waals surface area contributed by atoms with Crippen LogP contribution < -0.4 is 10.1 Å². The van der Waals surface area contributed by atoms with Crippen LogP contribution in [0.1, 0.15) is 11.1 Å². The number of hydrogen-bond acceptors (Lipinski definition) is 5. The number of piperazine rings is 1. The minimum Gasteiger partial charge on any atom is -0.406 e. The van der Waals surface area contributed by atoms with Crippen molar-refractivity contribution in [2.45, 2.75) is 12.9 Å². The van der Waals surface area contributed by atoms with Crippen LogP contribution in [0, 0.1) is 11.3 Å². The third kappa shape index (κ3) is 6.47. The molecule has 1 saturated heterocycles. The highest BCUT2D eigenvalue weighted by Crippen LogP contribution is 2.24. The Balaban J connectivity index is 1.43. The van der Waals surface area contributed by atoms with Gasteiger partial charge in [-0.1, -0.05) is 18.2 Å². The molecule has 0 bridgehead atoms. The number of anilines is 1. The summed E-state index contributed by atoms with van der Waals surface area (Å²) in [6.45, 7) is 3.85. The summed E-state index contributed by atoms with van der Waals surface area (Å²) in [5.74, 6) is -0.572. The van der Waals surface area contributed by atoms with Crippen LogP contribution in [-0.2, 0) is 11.3 Å². The zero-order valence-electron chi connectivity index (χ0n) is 16.2. The number of alkyl halides is 3. The number of nitrogens with zero attached hydrogens (tertiary/aromatic N) is 3. The number of hydrogen-bond donors (Lipinski definition) is 1. The lowest BCUT2D eigenvalue weighted by Crippen LogP contribution is -2.48. The minimum absolute atomic E-state index is 0.198. The Morgan fingerprint density at radius 1 is 1.03 bits per heavy atom. The number of amides is 1. The Hall–Kier alpha value is -3.09. The molecule has 1 aliphatic rings. The average molecular weight is 418 g/mol. The molecule has 30 heavy (non-hydrogen) atoms. The molecular formula is C21H21F3N4O2. The maximum atomic E-state index is 12.2. The predicted molar refractivity (Wildman–Crippen MR) is 105 cm³/mol. The molecule has 0 unspecified atom stereocenters. The largest absolute Gasteiger partial charge is 0.573 e. The molecule has 1 amide bonds. The molecule has 0 radical (unpaired) electrons. The van der Waals surface area contributed by atoms with Gasteiger partial charge in [0.25, 0.3) is 0 Å². The molecule has 0 atom stereocenters. The minimum atomic E-state index is -4.75. The van der Waals surface area contributed by atoms with E-state index in [1.165, 1.54) is 12.1 Å². The number of carbonyl (C=O) groups excluding carboxylic acids is 1. The summed E-state index contributed by atoms with van der Waals surface area (Å²) in [5.41, 5.74) is 2.07. The number of nitrogens with one attached hydrogen (secondary N) is 1. The summed E-state index contributed by atoms with van der Waals surface area (Å²) in [5, 5.41) is 11.9. The van der Waals surface area contributed by atoms with E-state index in [0.29, 0.717) is 30.9 Å². The zero-order valence-corrected chi connectivity index (χ0v) is 16.2. The van der Waals surface area contributed by atoms with Gasteiger partial charge in [-0.3, -0.25) is 14.6 Å². The second-order valence-electron chi connectivity index (χ2n) is 6.94. The van der Waals surface area contributed by atoms with Crippen LogP contribution >= 0.6 is 0 Å². The van der Waals surface area contributed by atoms with Gasteiger partial charge in [-0.15, -0.1) is 13.2 Å². The van der Waals surface area contributed by atoms with Gasteiger partial charge in [0.1, 0.15) is 5.75 Å². The third-order valence-electron chi connectivity index (χ3n) is 4.74. The maximum Gasteiger partial charge on any atom is 0.573 e. The summed E-state index contributed by atoms with van der Waals surface area (Å²) in [7, 11) is 0. The highest BCUT2D eigenvalue weighted by molar-refractivity contribution is 5.92. The van der Waals surface area contributed by atoms with E-state index in [9.17, 15) is 23.2 Å². The predicted octanol–water partition coefficient (Wildman–Crippen LogP) is 3.21. The van der Waals surface area contributed by atoms with E-state index in [-0.39, 0.29) is 18.2 Å². The smallest absolute Gasteiger partial charge is 0.406 e. The molecule has 6 nitrogen and oxygen atoms in total. The Kier molecular flexibility index (Phi) is 6.92. The Bertz CT molecular complexity index is 902. The Morgan fingerprint density at radius 3 is 2.30 bits per heavy atom. The van der Waals surface area contributed by atoms with E-state index in [0.717, 1.165) is 30.8 Å². The van der Waals surface area contributed by atoms with Gasteiger partial charge in [-0.25, -0.2) is 0 Å². The summed E-state index contributed by atoms with van der Waals surface area (Å²) < 4.78 is 40.4. The van der Waals surface area contributed by atoms with Crippen LogP contribution in [0.25, 0.3) is 0 Å². The lowest BCUT2D eigenvalue weighted by atomic mass is 10.1. The summed E-state index contributed by atoms with van der Waals surface area (Å²) >= 11 is 0. The molecule has 0 spiro atoms. The quantitative estimate of drug-likeness (QED) is 0.780. The molecule has 0 aliphatic carbocycles. The van der Waals surface area contributed by atoms with Crippen LogP contribution in [0.4, 0.5) is 18.9 Å². The molecule has 9 heteroatoms. The van der Waals surface area contributed by atoms with Crippen molar-refractivity contribution in [2.75, 3.05) is 38.0 Å². The number of halogens is 3. The van der Waals surface area contributed by atoms with Crippen molar-refractivity contribution in [3.05, 3.63) is 59.7 Å². The monoisotopic (exact) mass is 418 g/mol. The van der Waals surface area contributed by atoms with Crippen molar-refractivity contribution in [3.63, 3.8) is 0 Å². The molecule has 1 N–H and O–H groups in total. The molecule has 2 aromatic rings. The second kappa shape index (κ2) is 9.61. The van der Waals surface area contributed by atoms with Crippen molar-refractivity contribution in [1.82, 2.24) is 9.80 Å². The lowest BCUT2D eigenvalue weighted by molar-refractivity contribution is -0.274. The van der Waals surface area contributed by atoms with Crippen molar-refractivity contribution >= 4 is 11.6 Å². The SMILES string of the molecule is N#Cc1ccccc1CN1CCN(CC(=O)Nc2ccc(OC(F)(F)F)cc2)CC1. The first kappa shape index (κ1) is 21.6. The number of ether oxygens (including phenoxy) is 1. The van der Waals surface area contributed by atoms with Gasteiger partial charge in [-0.05, 0) is 35.9 Å². The molecule has 158 valence electrons. The van der Waals surface area contributed by atoms with Crippen LogP contribution in [0.3, 0.4) is 0 Å². The van der Waals surface area contributed by atoms with Gasteiger partial charge < -0.3 is 10.1 Å². The number of rotatable bonds is 6. The van der Waals surface area contributed by atoms with Gasteiger partial charge in [0.15, 0.2) is 0 Å². The molecule has 0 saturated carbocycles. The summed E-state index contributed by atoms with van der Waals surface area (Å²) in [6, 6.07) is 14.7. The average Bonchev–Trinajstić information content (AvgIpc) is 2.70. The van der Waals surface area contributed by atoms with Crippen LogP contribution in [0.15, 0.2) is 48.5 Å². The first-order valence-corrected chi connectivity index (χ1v) is 9.41. The van der Waals surface area contributed by atoms with Gasteiger partial charge in [0.2, 0.25) is 5.91 Å². The number of carbonyl (C=O) groups is 1. The first-order valence-electron chi connectivity index (χ1n) is 9.41. The normalized spacial score (nSPS) is 15.4. The molecule has 2 aromatic carbocycles. The molecule has 3 rings (SSSR count). The Morgan fingerprint density at radius 2 is 1.67 bits per heavy atom. The third-order valence-corrected chi connectivity index (χ3v) is 4.74.